The van der Waals surface area contributed by atoms with Gasteiger partial charge in [-0.15, -0.1) is 11.8 Å². The maximum atomic E-state index is 13.0. The normalized spacial score (nSPS) is 21.4. The molecule has 2 atom stereocenters. The van der Waals surface area contributed by atoms with Gasteiger partial charge < -0.3 is 10.1 Å². The highest BCUT2D eigenvalue weighted by Gasteiger charge is 2.25. The first kappa shape index (κ1) is 21.4. The van der Waals surface area contributed by atoms with Gasteiger partial charge in [-0.25, -0.2) is 0 Å². The lowest BCUT2D eigenvalue weighted by Crippen LogP contribution is -2.45. The number of piperidine rings is 1. The predicted molar refractivity (Wildman–Crippen MR) is 123 cm³/mol. The number of ether oxygens (including phenoxy) is 1. The monoisotopic (exact) mass is 424 g/mol. The molecular weight excluding hydrogens is 392 g/mol. The molecular formula is C25H32N2O2S. The number of benzene rings is 2. The molecule has 0 aliphatic carbocycles. The highest BCUT2D eigenvalue weighted by Crippen LogP contribution is 2.28. The van der Waals surface area contributed by atoms with Gasteiger partial charge in [0.05, 0.1) is 11.7 Å². The third-order valence-electron chi connectivity index (χ3n) is 6.27. The van der Waals surface area contributed by atoms with Crippen LogP contribution in [0.15, 0.2) is 59.5 Å². The van der Waals surface area contributed by atoms with Gasteiger partial charge in [-0.3, -0.25) is 9.69 Å². The van der Waals surface area contributed by atoms with Crippen LogP contribution in [0.2, 0.25) is 0 Å². The summed E-state index contributed by atoms with van der Waals surface area (Å²) in [6.07, 6.45) is 4.58. The smallest absolute Gasteiger partial charge is 0.252 e. The number of rotatable bonds is 7. The molecule has 0 bridgehead atoms. The van der Waals surface area contributed by atoms with Crippen molar-refractivity contribution in [1.29, 1.82) is 0 Å². The maximum Gasteiger partial charge on any atom is 0.252 e. The molecule has 160 valence electrons. The highest BCUT2D eigenvalue weighted by atomic mass is 32.2. The van der Waals surface area contributed by atoms with Gasteiger partial charge in [0.1, 0.15) is 0 Å². The fraction of sp³-hybridized carbons (Fsp3) is 0.480. The molecule has 4 nitrogen and oxygen atoms in total. The van der Waals surface area contributed by atoms with Gasteiger partial charge >= 0.3 is 0 Å². The van der Waals surface area contributed by atoms with Crippen LogP contribution in [0.1, 0.15) is 54.6 Å². The molecule has 2 aromatic rings. The summed E-state index contributed by atoms with van der Waals surface area (Å²) < 4.78 is 5.73. The molecule has 0 spiro atoms. The van der Waals surface area contributed by atoms with Gasteiger partial charge in [0, 0.05) is 42.4 Å². The van der Waals surface area contributed by atoms with E-state index in [1.165, 1.54) is 5.56 Å². The van der Waals surface area contributed by atoms with Crippen molar-refractivity contribution >= 4 is 17.7 Å². The SMILES string of the molecule is CC(c1ccccc1)N1CCC(NC(=O)c2ccccc2SCC2CCCO2)CC1. The van der Waals surface area contributed by atoms with Crippen LogP contribution in [0.25, 0.3) is 0 Å². The second-order valence-corrected chi connectivity index (χ2v) is 9.37. The minimum Gasteiger partial charge on any atom is -0.377 e. The van der Waals surface area contributed by atoms with Crippen molar-refractivity contribution in [2.45, 2.75) is 55.7 Å². The summed E-state index contributed by atoms with van der Waals surface area (Å²) in [5.74, 6) is 0.972. The van der Waals surface area contributed by atoms with E-state index < -0.39 is 0 Å². The quantitative estimate of drug-likeness (QED) is 0.641. The number of hydrogen-bond acceptors (Lipinski definition) is 4. The van der Waals surface area contributed by atoms with E-state index in [1.54, 1.807) is 11.8 Å². The van der Waals surface area contributed by atoms with Crippen LogP contribution in [0.4, 0.5) is 0 Å². The number of amides is 1. The van der Waals surface area contributed by atoms with E-state index in [2.05, 4.69) is 53.5 Å². The molecule has 2 aliphatic heterocycles. The number of carbonyl (C=O) groups excluding carboxylic acids is 1. The van der Waals surface area contributed by atoms with E-state index in [4.69, 9.17) is 4.74 Å². The molecule has 1 N–H and O–H groups in total. The van der Waals surface area contributed by atoms with Crippen molar-refractivity contribution in [3.05, 3.63) is 65.7 Å². The fourth-order valence-electron chi connectivity index (χ4n) is 4.38. The number of thioether (sulfide) groups is 1. The van der Waals surface area contributed by atoms with Crippen molar-refractivity contribution in [2.24, 2.45) is 0 Å². The summed E-state index contributed by atoms with van der Waals surface area (Å²) in [5, 5.41) is 3.29. The number of nitrogens with one attached hydrogen (secondary N) is 1. The van der Waals surface area contributed by atoms with Crippen LogP contribution in [0, 0.1) is 0 Å². The Morgan fingerprint density at radius 2 is 1.83 bits per heavy atom. The number of carbonyl (C=O) groups is 1. The minimum atomic E-state index is 0.0556. The highest BCUT2D eigenvalue weighted by molar-refractivity contribution is 7.99. The summed E-state index contributed by atoms with van der Waals surface area (Å²) in [6, 6.07) is 19.3. The summed E-state index contributed by atoms with van der Waals surface area (Å²) >= 11 is 1.74. The first-order chi connectivity index (χ1) is 14.7. The zero-order valence-electron chi connectivity index (χ0n) is 17.8. The second-order valence-electron chi connectivity index (χ2n) is 8.31. The Morgan fingerprint density at radius 3 is 2.57 bits per heavy atom. The predicted octanol–water partition coefficient (Wildman–Crippen LogP) is 4.91. The topological polar surface area (TPSA) is 41.6 Å². The van der Waals surface area contributed by atoms with E-state index in [9.17, 15) is 4.79 Å². The molecule has 4 rings (SSSR count). The molecule has 5 heteroatoms. The molecule has 2 fully saturated rings. The lowest BCUT2D eigenvalue weighted by Gasteiger charge is -2.36. The van der Waals surface area contributed by atoms with Gasteiger partial charge in [0.25, 0.3) is 5.91 Å². The average Bonchev–Trinajstić information content (AvgIpc) is 3.32. The molecule has 0 aromatic heterocycles. The van der Waals surface area contributed by atoms with E-state index >= 15 is 0 Å². The lowest BCUT2D eigenvalue weighted by atomic mass is 10.00. The molecule has 0 radical (unpaired) electrons. The number of likely N-dealkylation sites (tertiary alicyclic amines) is 1. The number of nitrogens with zero attached hydrogens (tertiary/aromatic N) is 1. The van der Waals surface area contributed by atoms with Crippen LogP contribution in [0.5, 0.6) is 0 Å². The van der Waals surface area contributed by atoms with Crippen molar-refractivity contribution in [3.8, 4) is 0 Å². The zero-order valence-corrected chi connectivity index (χ0v) is 18.6. The van der Waals surface area contributed by atoms with E-state index in [1.807, 2.05) is 18.2 Å². The number of hydrogen-bond donors (Lipinski definition) is 1. The van der Waals surface area contributed by atoms with Crippen molar-refractivity contribution in [1.82, 2.24) is 10.2 Å². The molecule has 1 amide bonds. The lowest BCUT2D eigenvalue weighted by molar-refractivity contribution is 0.0893. The first-order valence-corrected chi connectivity index (χ1v) is 12.1. The van der Waals surface area contributed by atoms with Gasteiger partial charge in [-0.05, 0) is 50.3 Å². The van der Waals surface area contributed by atoms with Crippen LogP contribution >= 0.6 is 11.8 Å². The van der Waals surface area contributed by atoms with Crippen molar-refractivity contribution in [3.63, 3.8) is 0 Å². The second kappa shape index (κ2) is 10.5. The Morgan fingerprint density at radius 1 is 1.10 bits per heavy atom. The maximum absolute atomic E-state index is 13.0. The Kier molecular flexibility index (Phi) is 7.47. The third kappa shape index (κ3) is 5.45. The van der Waals surface area contributed by atoms with E-state index in [-0.39, 0.29) is 11.9 Å². The largest absolute Gasteiger partial charge is 0.377 e. The van der Waals surface area contributed by atoms with Crippen LogP contribution in [-0.2, 0) is 4.74 Å². The van der Waals surface area contributed by atoms with Crippen LogP contribution in [0.3, 0.4) is 0 Å². The first-order valence-electron chi connectivity index (χ1n) is 11.1. The molecule has 2 heterocycles. The summed E-state index contributed by atoms with van der Waals surface area (Å²) in [5.41, 5.74) is 2.15. The molecule has 0 saturated carbocycles. The van der Waals surface area contributed by atoms with Gasteiger partial charge in [-0.2, -0.15) is 0 Å². The third-order valence-corrected chi connectivity index (χ3v) is 7.48. The average molecular weight is 425 g/mol. The van der Waals surface area contributed by atoms with Crippen molar-refractivity contribution in [2.75, 3.05) is 25.4 Å². The molecule has 2 unspecified atom stereocenters. The summed E-state index contributed by atoms with van der Waals surface area (Å²) in [6.45, 7) is 5.16. The van der Waals surface area contributed by atoms with Crippen LogP contribution in [-0.4, -0.2) is 48.4 Å². The van der Waals surface area contributed by atoms with Gasteiger partial charge in [-0.1, -0.05) is 42.5 Å². The van der Waals surface area contributed by atoms with Gasteiger partial charge in [0.15, 0.2) is 0 Å². The minimum absolute atomic E-state index is 0.0556. The van der Waals surface area contributed by atoms with E-state index in [0.717, 1.165) is 61.6 Å². The summed E-state index contributed by atoms with van der Waals surface area (Å²) in [4.78, 5) is 16.6. The summed E-state index contributed by atoms with van der Waals surface area (Å²) in [7, 11) is 0. The molecule has 2 saturated heterocycles. The molecule has 30 heavy (non-hydrogen) atoms. The molecule has 2 aromatic carbocycles. The van der Waals surface area contributed by atoms with Crippen LogP contribution < -0.4 is 5.32 Å². The van der Waals surface area contributed by atoms with Crippen molar-refractivity contribution < 1.29 is 9.53 Å². The van der Waals surface area contributed by atoms with Gasteiger partial charge in [0.2, 0.25) is 0 Å². The van der Waals surface area contributed by atoms with E-state index in [0.29, 0.717) is 12.1 Å². The Hall–Kier alpha value is -1.82. The standard InChI is InChI=1S/C25H32N2O2S/c1-19(20-8-3-2-4-9-20)27-15-13-21(14-16-27)26-25(28)23-11-5-6-12-24(23)30-18-22-10-7-17-29-22/h2-6,8-9,11-12,19,21-22H,7,10,13-18H2,1H3,(H,26,28). The zero-order chi connectivity index (χ0) is 20.8. The Labute approximate surface area is 184 Å². The molecule has 2 aliphatic rings. The Bertz CT molecular complexity index is 815. The Balaban J connectivity index is 1.29. The fourth-order valence-corrected chi connectivity index (χ4v) is 5.49.